The summed E-state index contributed by atoms with van der Waals surface area (Å²) in [5, 5.41) is 10.2. The molecule has 1 aromatic carbocycles. The lowest BCUT2D eigenvalue weighted by atomic mass is 10.0. The zero-order valence-corrected chi connectivity index (χ0v) is 9.68. The van der Waals surface area contributed by atoms with Crippen molar-refractivity contribution in [3.63, 3.8) is 0 Å². The molecular weight excluding hydrogens is 220 g/mol. The maximum Gasteiger partial charge on any atom is 0.124 e. The van der Waals surface area contributed by atoms with E-state index in [9.17, 15) is 0 Å². The zero-order valence-electron chi connectivity index (χ0n) is 9.68. The molecule has 0 radical (unpaired) electrons. The topological polar surface area (TPSA) is 86.0 Å². The number of nitrogens with one attached hydrogen (secondary N) is 1. The first-order valence-electron chi connectivity index (χ1n) is 5.09. The maximum absolute atomic E-state index is 6.10. The van der Waals surface area contributed by atoms with Gasteiger partial charge in [0.2, 0.25) is 0 Å². The van der Waals surface area contributed by atoms with Crippen LogP contribution in [0.4, 0.5) is 0 Å². The Morgan fingerprint density at radius 3 is 2.71 bits per heavy atom. The van der Waals surface area contributed by atoms with Gasteiger partial charge >= 0.3 is 0 Å². The third-order valence-electron chi connectivity index (χ3n) is 2.52. The number of hydrogen-bond acceptors (Lipinski definition) is 5. The van der Waals surface area contributed by atoms with Gasteiger partial charge in [0.05, 0.1) is 26.5 Å². The lowest BCUT2D eigenvalue weighted by Crippen LogP contribution is -2.13. The van der Waals surface area contributed by atoms with Gasteiger partial charge in [0.15, 0.2) is 0 Å². The van der Waals surface area contributed by atoms with Crippen LogP contribution in [0.1, 0.15) is 17.3 Å². The molecule has 6 heteroatoms. The molecule has 17 heavy (non-hydrogen) atoms. The molecule has 1 heterocycles. The van der Waals surface area contributed by atoms with Gasteiger partial charge in [-0.1, -0.05) is 0 Å². The molecule has 1 atom stereocenters. The van der Waals surface area contributed by atoms with Crippen LogP contribution in [-0.4, -0.2) is 29.6 Å². The second-order valence-corrected chi connectivity index (χ2v) is 3.48. The van der Waals surface area contributed by atoms with E-state index < -0.39 is 6.04 Å². The molecule has 6 nitrogen and oxygen atoms in total. The number of nitrogens with two attached hydrogens (primary N) is 1. The van der Waals surface area contributed by atoms with Crippen molar-refractivity contribution in [2.45, 2.75) is 6.04 Å². The average molecular weight is 234 g/mol. The molecular formula is C11H14N4O2. The summed E-state index contributed by atoms with van der Waals surface area (Å²) < 4.78 is 10.4. The number of aromatic nitrogens is 3. The number of H-pyrrole nitrogens is 1. The van der Waals surface area contributed by atoms with E-state index in [0.29, 0.717) is 11.4 Å². The van der Waals surface area contributed by atoms with Gasteiger partial charge < -0.3 is 15.2 Å². The predicted molar refractivity (Wildman–Crippen MR) is 62.0 cm³/mol. The molecule has 2 rings (SSSR count). The highest BCUT2D eigenvalue weighted by Gasteiger charge is 2.17. The number of aromatic amines is 1. The van der Waals surface area contributed by atoms with Crippen LogP contribution in [0, 0.1) is 0 Å². The van der Waals surface area contributed by atoms with E-state index in [4.69, 9.17) is 15.2 Å². The van der Waals surface area contributed by atoms with Crippen LogP contribution in [0.3, 0.4) is 0 Å². The van der Waals surface area contributed by atoms with Gasteiger partial charge in [-0.3, -0.25) is 0 Å². The van der Waals surface area contributed by atoms with Crippen molar-refractivity contribution in [1.82, 2.24) is 15.4 Å². The second kappa shape index (κ2) is 4.84. The highest BCUT2D eigenvalue weighted by molar-refractivity contribution is 5.44. The molecule has 0 aliphatic heterocycles. The Morgan fingerprint density at radius 2 is 2.12 bits per heavy atom. The fourth-order valence-electron chi connectivity index (χ4n) is 1.60. The van der Waals surface area contributed by atoms with Gasteiger partial charge in [0.25, 0.3) is 0 Å². The Bertz CT molecular complexity index is 484. The van der Waals surface area contributed by atoms with Crippen LogP contribution < -0.4 is 15.2 Å². The lowest BCUT2D eigenvalue weighted by molar-refractivity contribution is 0.397. The third kappa shape index (κ3) is 2.21. The minimum absolute atomic E-state index is 0.404. The monoisotopic (exact) mass is 234 g/mol. The normalized spacial score (nSPS) is 12.2. The summed E-state index contributed by atoms with van der Waals surface area (Å²) in [6.45, 7) is 0. The van der Waals surface area contributed by atoms with Crippen LogP contribution in [-0.2, 0) is 0 Å². The Kier molecular flexibility index (Phi) is 3.24. The number of rotatable bonds is 4. The van der Waals surface area contributed by atoms with Gasteiger partial charge in [0.1, 0.15) is 17.2 Å². The highest BCUT2D eigenvalue weighted by Crippen LogP contribution is 2.30. The van der Waals surface area contributed by atoms with E-state index in [1.54, 1.807) is 20.4 Å². The maximum atomic E-state index is 6.10. The summed E-state index contributed by atoms with van der Waals surface area (Å²) in [4.78, 5) is 0. The average Bonchev–Trinajstić information content (AvgIpc) is 2.91. The molecule has 2 aromatic rings. The molecule has 0 saturated carbocycles. The molecule has 1 aromatic heterocycles. The molecule has 0 bridgehead atoms. The Labute approximate surface area is 98.7 Å². The molecule has 1 unspecified atom stereocenters. The van der Waals surface area contributed by atoms with Crippen LogP contribution in [0.25, 0.3) is 0 Å². The Balaban J connectivity index is 2.41. The summed E-state index contributed by atoms with van der Waals surface area (Å²) in [5.74, 6) is 1.42. The van der Waals surface area contributed by atoms with Gasteiger partial charge in [-0.25, -0.2) is 0 Å². The third-order valence-corrected chi connectivity index (χ3v) is 2.52. The van der Waals surface area contributed by atoms with Crippen LogP contribution in [0.2, 0.25) is 0 Å². The summed E-state index contributed by atoms with van der Waals surface area (Å²) in [6, 6.07) is 5.06. The molecule has 0 fully saturated rings. The number of ether oxygens (including phenoxy) is 2. The minimum atomic E-state index is -0.404. The molecule has 90 valence electrons. The highest BCUT2D eigenvalue weighted by atomic mass is 16.5. The van der Waals surface area contributed by atoms with Gasteiger partial charge in [-0.05, 0) is 18.2 Å². The smallest absolute Gasteiger partial charge is 0.124 e. The Morgan fingerprint density at radius 1 is 1.29 bits per heavy atom. The summed E-state index contributed by atoms with van der Waals surface area (Å²) in [7, 11) is 3.20. The van der Waals surface area contributed by atoms with E-state index in [1.165, 1.54) is 0 Å². The fraction of sp³-hybridized carbons (Fsp3) is 0.273. The van der Waals surface area contributed by atoms with Crippen molar-refractivity contribution < 1.29 is 9.47 Å². The first-order valence-corrected chi connectivity index (χ1v) is 5.09. The standard InChI is InChI=1S/C11H14N4O2/c1-16-7-3-4-10(17-2)8(5-7)11(12)9-6-13-15-14-9/h3-6,11H,12H2,1-2H3,(H,13,14,15). The lowest BCUT2D eigenvalue weighted by Gasteiger charge is -2.14. The Hall–Kier alpha value is -2.08. The molecule has 0 aliphatic carbocycles. The fourth-order valence-corrected chi connectivity index (χ4v) is 1.60. The van der Waals surface area contributed by atoms with E-state index in [0.717, 1.165) is 11.3 Å². The largest absolute Gasteiger partial charge is 0.497 e. The van der Waals surface area contributed by atoms with Crippen LogP contribution in [0.5, 0.6) is 11.5 Å². The summed E-state index contributed by atoms with van der Waals surface area (Å²) in [5.41, 5.74) is 7.56. The number of nitrogens with zero attached hydrogens (tertiary/aromatic N) is 2. The van der Waals surface area contributed by atoms with E-state index >= 15 is 0 Å². The van der Waals surface area contributed by atoms with Gasteiger partial charge in [-0.15, -0.1) is 0 Å². The van der Waals surface area contributed by atoms with Crippen molar-refractivity contribution in [3.05, 3.63) is 35.7 Å². The van der Waals surface area contributed by atoms with Gasteiger partial charge in [0, 0.05) is 5.56 Å². The second-order valence-electron chi connectivity index (χ2n) is 3.48. The molecule has 3 N–H and O–H groups in total. The van der Waals surface area contributed by atoms with Crippen molar-refractivity contribution in [2.75, 3.05) is 14.2 Å². The van der Waals surface area contributed by atoms with Crippen LogP contribution in [0.15, 0.2) is 24.4 Å². The molecule has 0 amide bonds. The summed E-state index contributed by atoms with van der Waals surface area (Å²) >= 11 is 0. The molecule has 0 spiro atoms. The van der Waals surface area contributed by atoms with Crippen molar-refractivity contribution in [2.24, 2.45) is 5.73 Å². The van der Waals surface area contributed by atoms with Crippen molar-refractivity contribution in [1.29, 1.82) is 0 Å². The number of benzene rings is 1. The predicted octanol–water partition coefficient (Wildman–Crippen LogP) is 0.870. The number of methoxy groups -OCH3 is 2. The van der Waals surface area contributed by atoms with E-state index in [2.05, 4.69) is 15.4 Å². The first kappa shape index (κ1) is 11.4. The van der Waals surface area contributed by atoms with E-state index in [1.807, 2.05) is 18.2 Å². The number of hydrogen-bond donors (Lipinski definition) is 2. The SMILES string of the molecule is COc1ccc(OC)c(C(N)c2cn[nH]n2)c1. The quantitative estimate of drug-likeness (QED) is 0.819. The first-order chi connectivity index (χ1) is 8.26. The molecule has 0 aliphatic rings. The van der Waals surface area contributed by atoms with Gasteiger partial charge in [-0.2, -0.15) is 15.4 Å². The van der Waals surface area contributed by atoms with Crippen molar-refractivity contribution in [3.8, 4) is 11.5 Å². The zero-order chi connectivity index (χ0) is 12.3. The molecule has 0 saturated heterocycles. The van der Waals surface area contributed by atoms with E-state index in [-0.39, 0.29) is 0 Å². The minimum Gasteiger partial charge on any atom is -0.497 e. The summed E-state index contributed by atoms with van der Waals surface area (Å²) in [6.07, 6.45) is 1.59. The van der Waals surface area contributed by atoms with Crippen LogP contribution >= 0.6 is 0 Å². The van der Waals surface area contributed by atoms with Crippen molar-refractivity contribution >= 4 is 0 Å².